The molecule has 1 amide bonds. The molecule has 0 aromatic carbocycles. The lowest BCUT2D eigenvalue weighted by molar-refractivity contribution is 0.0496. The molecule has 1 saturated heterocycles. The highest BCUT2D eigenvalue weighted by Crippen LogP contribution is 2.30. The molecule has 2 aromatic heterocycles. The average molecular weight is 306 g/mol. The fraction of sp³-hybridized carbons (Fsp3) is 0.500. The summed E-state index contributed by atoms with van der Waals surface area (Å²) >= 11 is 1.64. The van der Waals surface area contributed by atoms with Gasteiger partial charge in [-0.05, 0) is 32.2 Å². The Hall–Kier alpha value is -1.89. The third-order valence-electron chi connectivity index (χ3n) is 3.13. The van der Waals surface area contributed by atoms with Crippen LogP contribution in [0.15, 0.2) is 17.8 Å². The van der Waals surface area contributed by atoms with Crippen LogP contribution < -0.4 is 10.2 Å². The number of thiophene rings is 1. The van der Waals surface area contributed by atoms with Gasteiger partial charge in [0.05, 0.1) is 16.3 Å². The highest BCUT2D eigenvalue weighted by atomic mass is 32.1. The van der Waals surface area contributed by atoms with Gasteiger partial charge in [-0.1, -0.05) is 0 Å². The van der Waals surface area contributed by atoms with Gasteiger partial charge >= 0.3 is 6.09 Å². The molecule has 1 fully saturated rings. The largest absolute Gasteiger partial charge is 0.444 e. The van der Waals surface area contributed by atoms with E-state index in [9.17, 15) is 4.79 Å². The van der Waals surface area contributed by atoms with Gasteiger partial charge in [0.15, 0.2) is 0 Å². The summed E-state index contributed by atoms with van der Waals surface area (Å²) in [4.78, 5) is 22.4. The van der Waals surface area contributed by atoms with Gasteiger partial charge in [0.1, 0.15) is 17.7 Å². The molecule has 0 spiro atoms. The minimum atomic E-state index is -0.469. The Balaban J connectivity index is 1.59. The van der Waals surface area contributed by atoms with Crippen molar-refractivity contribution in [1.82, 2.24) is 15.3 Å². The first kappa shape index (κ1) is 14.1. The molecule has 0 unspecified atom stereocenters. The van der Waals surface area contributed by atoms with Gasteiger partial charge in [-0.25, -0.2) is 14.8 Å². The molecule has 6 nitrogen and oxygen atoms in total. The molecule has 7 heteroatoms. The van der Waals surface area contributed by atoms with E-state index in [0.717, 1.165) is 29.1 Å². The molecule has 1 aliphatic rings. The standard InChI is InChI=1S/C14H18N4O2S/c1-14(2,3)20-13(19)17-9-6-18(7-9)12-11-10(4-5-21-11)15-8-16-12/h4-5,8-9H,6-7H2,1-3H3,(H,17,19). The van der Waals surface area contributed by atoms with E-state index in [2.05, 4.69) is 20.2 Å². The summed E-state index contributed by atoms with van der Waals surface area (Å²) in [6, 6.07) is 2.09. The average Bonchev–Trinajstić information content (AvgIpc) is 2.79. The van der Waals surface area contributed by atoms with E-state index in [1.807, 2.05) is 32.2 Å². The van der Waals surface area contributed by atoms with E-state index in [-0.39, 0.29) is 12.1 Å². The second-order valence-corrected chi connectivity index (χ2v) is 7.00. The normalized spacial score (nSPS) is 15.9. The summed E-state index contributed by atoms with van der Waals surface area (Å²) in [5.41, 5.74) is 0.497. The molecular weight excluding hydrogens is 288 g/mol. The third-order valence-corrected chi connectivity index (χ3v) is 4.03. The van der Waals surface area contributed by atoms with Crippen molar-refractivity contribution < 1.29 is 9.53 Å². The van der Waals surface area contributed by atoms with Crippen LogP contribution in [0.3, 0.4) is 0 Å². The minimum Gasteiger partial charge on any atom is -0.444 e. The second-order valence-electron chi connectivity index (χ2n) is 6.08. The molecule has 21 heavy (non-hydrogen) atoms. The van der Waals surface area contributed by atoms with Crippen LogP contribution in [0.5, 0.6) is 0 Å². The molecule has 1 N–H and O–H groups in total. The van der Waals surface area contributed by atoms with Crippen molar-refractivity contribution >= 4 is 33.5 Å². The Kier molecular flexibility index (Phi) is 3.44. The van der Waals surface area contributed by atoms with Crippen molar-refractivity contribution in [1.29, 1.82) is 0 Å². The van der Waals surface area contributed by atoms with E-state index in [1.54, 1.807) is 17.7 Å². The van der Waals surface area contributed by atoms with E-state index < -0.39 is 5.60 Å². The maximum absolute atomic E-state index is 11.7. The number of aromatic nitrogens is 2. The van der Waals surface area contributed by atoms with Gasteiger partial charge in [0.2, 0.25) is 0 Å². The highest BCUT2D eigenvalue weighted by molar-refractivity contribution is 7.17. The van der Waals surface area contributed by atoms with Crippen LogP contribution in [0.2, 0.25) is 0 Å². The fourth-order valence-corrected chi connectivity index (χ4v) is 3.08. The molecule has 112 valence electrons. The number of nitrogens with one attached hydrogen (secondary N) is 1. The quantitative estimate of drug-likeness (QED) is 0.923. The third kappa shape index (κ3) is 3.07. The number of anilines is 1. The number of nitrogens with zero attached hydrogens (tertiary/aromatic N) is 3. The van der Waals surface area contributed by atoms with Gasteiger partial charge in [-0.2, -0.15) is 0 Å². The summed E-state index contributed by atoms with van der Waals surface area (Å²) < 4.78 is 6.34. The van der Waals surface area contributed by atoms with Gasteiger partial charge < -0.3 is 15.0 Å². The lowest BCUT2D eigenvalue weighted by atomic mass is 10.1. The second kappa shape index (κ2) is 5.14. The summed E-state index contributed by atoms with van der Waals surface area (Å²) in [6.07, 6.45) is 1.22. The molecule has 0 atom stereocenters. The van der Waals surface area contributed by atoms with Crippen molar-refractivity contribution in [3.8, 4) is 0 Å². The van der Waals surface area contributed by atoms with Crippen molar-refractivity contribution in [3.63, 3.8) is 0 Å². The Bertz CT molecular complexity index is 658. The summed E-state index contributed by atoms with van der Waals surface area (Å²) in [5, 5.41) is 4.88. The molecule has 3 heterocycles. The SMILES string of the molecule is CC(C)(C)OC(=O)NC1CN(c2ncnc3ccsc23)C1. The van der Waals surface area contributed by atoms with Crippen molar-refractivity contribution in [2.45, 2.75) is 32.4 Å². The molecule has 0 saturated carbocycles. The number of alkyl carbamates (subject to hydrolysis) is 1. The molecule has 2 aromatic rings. The number of fused-ring (bicyclic) bond motifs is 1. The van der Waals surface area contributed by atoms with E-state index in [0.29, 0.717) is 0 Å². The zero-order valence-electron chi connectivity index (χ0n) is 12.3. The van der Waals surface area contributed by atoms with Crippen molar-refractivity contribution in [3.05, 3.63) is 17.8 Å². The summed E-state index contributed by atoms with van der Waals surface area (Å²) in [7, 11) is 0. The first-order valence-electron chi connectivity index (χ1n) is 6.85. The number of ether oxygens (including phenoxy) is 1. The van der Waals surface area contributed by atoms with Crippen LogP contribution in [0.4, 0.5) is 10.6 Å². The van der Waals surface area contributed by atoms with E-state index in [1.165, 1.54) is 0 Å². The summed E-state index contributed by atoms with van der Waals surface area (Å²) in [6.45, 7) is 7.04. The Morgan fingerprint density at radius 1 is 1.43 bits per heavy atom. The Morgan fingerprint density at radius 3 is 2.90 bits per heavy atom. The van der Waals surface area contributed by atoms with Gasteiger partial charge in [-0.3, -0.25) is 0 Å². The zero-order valence-corrected chi connectivity index (χ0v) is 13.1. The maximum Gasteiger partial charge on any atom is 0.407 e. The fourth-order valence-electron chi connectivity index (χ4n) is 2.22. The van der Waals surface area contributed by atoms with Gasteiger partial charge in [0.25, 0.3) is 0 Å². The van der Waals surface area contributed by atoms with Crippen LogP contribution in [-0.4, -0.2) is 40.8 Å². The number of hydrogen-bond acceptors (Lipinski definition) is 6. The summed E-state index contributed by atoms with van der Waals surface area (Å²) in [5.74, 6) is 0.942. The van der Waals surface area contributed by atoms with Crippen LogP contribution in [-0.2, 0) is 4.74 Å². The van der Waals surface area contributed by atoms with Crippen LogP contribution in [0, 0.1) is 0 Å². The van der Waals surface area contributed by atoms with Crippen LogP contribution in [0.1, 0.15) is 20.8 Å². The van der Waals surface area contributed by atoms with E-state index in [4.69, 9.17) is 4.74 Å². The Labute approximate surface area is 127 Å². The highest BCUT2D eigenvalue weighted by Gasteiger charge is 2.31. The molecular formula is C14H18N4O2S. The zero-order chi connectivity index (χ0) is 15.0. The minimum absolute atomic E-state index is 0.102. The van der Waals surface area contributed by atoms with Gasteiger partial charge in [-0.15, -0.1) is 11.3 Å². The number of hydrogen-bond donors (Lipinski definition) is 1. The number of rotatable bonds is 2. The number of carbonyl (C=O) groups is 1. The predicted molar refractivity (Wildman–Crippen MR) is 82.8 cm³/mol. The first-order valence-corrected chi connectivity index (χ1v) is 7.73. The molecule has 0 aliphatic carbocycles. The number of amides is 1. The van der Waals surface area contributed by atoms with Crippen LogP contribution >= 0.6 is 11.3 Å². The lowest BCUT2D eigenvalue weighted by Gasteiger charge is -2.40. The first-order chi connectivity index (χ1) is 9.92. The van der Waals surface area contributed by atoms with Crippen LogP contribution in [0.25, 0.3) is 10.2 Å². The smallest absolute Gasteiger partial charge is 0.407 e. The lowest BCUT2D eigenvalue weighted by Crippen LogP contribution is -2.60. The van der Waals surface area contributed by atoms with Crippen molar-refractivity contribution in [2.75, 3.05) is 18.0 Å². The Morgan fingerprint density at radius 2 is 2.19 bits per heavy atom. The molecule has 0 bridgehead atoms. The number of carbonyl (C=O) groups excluding carboxylic acids is 1. The monoisotopic (exact) mass is 306 g/mol. The topological polar surface area (TPSA) is 67.3 Å². The van der Waals surface area contributed by atoms with E-state index >= 15 is 0 Å². The molecule has 0 radical (unpaired) electrons. The molecule has 3 rings (SSSR count). The van der Waals surface area contributed by atoms with Gasteiger partial charge in [0, 0.05) is 13.1 Å². The maximum atomic E-state index is 11.7. The predicted octanol–water partition coefficient (Wildman–Crippen LogP) is 2.40. The molecule has 1 aliphatic heterocycles. The van der Waals surface area contributed by atoms with Crippen molar-refractivity contribution in [2.24, 2.45) is 0 Å².